The molecule has 41 heavy (non-hydrogen) atoms. The van der Waals surface area contributed by atoms with Crippen LogP contribution in [0.3, 0.4) is 0 Å². The van der Waals surface area contributed by atoms with Crippen molar-refractivity contribution in [2.24, 2.45) is 0 Å². The van der Waals surface area contributed by atoms with Crippen LogP contribution in [0, 0.1) is 11.3 Å². The molecule has 0 unspecified atom stereocenters. The molecule has 1 aliphatic heterocycles. The van der Waals surface area contributed by atoms with Crippen LogP contribution in [0.5, 0.6) is 0 Å². The standard InChI is InChI=1S/C28H26F3N5O4S/c1-4-33-41(39,40)22-13-10-20(11-14-22)34-24-8-6-5-7-19(24)17-35-26(38)36(25(37)27(35,2)3)21-12-9-18(16-32)23(15-21)28(29,30)31/h5-15,33-34H,4,17H2,1-3H3. The number of benzene rings is 3. The highest BCUT2D eigenvalue weighted by atomic mass is 32.2. The predicted octanol–water partition coefficient (Wildman–Crippen LogP) is 5.37. The van der Waals surface area contributed by atoms with Crippen molar-refractivity contribution in [3.63, 3.8) is 0 Å². The first kappa shape index (κ1) is 29.6. The SMILES string of the molecule is CCNS(=O)(=O)c1ccc(Nc2ccccc2CN2C(=O)N(c3ccc(C#N)c(C(F)(F)F)c3)C(=O)C2(C)C)cc1. The van der Waals surface area contributed by atoms with Gasteiger partial charge in [-0.25, -0.2) is 22.8 Å². The third-order valence-electron chi connectivity index (χ3n) is 6.63. The number of para-hydroxylation sites is 1. The predicted molar refractivity (Wildman–Crippen MR) is 146 cm³/mol. The van der Waals surface area contributed by atoms with Crippen LogP contribution in [0.2, 0.25) is 0 Å². The number of hydrogen-bond acceptors (Lipinski definition) is 6. The van der Waals surface area contributed by atoms with Crippen LogP contribution >= 0.6 is 0 Å². The Bertz CT molecular complexity index is 1650. The molecule has 1 heterocycles. The fourth-order valence-corrected chi connectivity index (χ4v) is 5.47. The number of nitrogens with zero attached hydrogens (tertiary/aromatic N) is 3. The van der Waals surface area contributed by atoms with Gasteiger partial charge >= 0.3 is 12.2 Å². The maximum Gasteiger partial charge on any atom is 0.417 e. The number of nitrogens with one attached hydrogen (secondary N) is 2. The topological polar surface area (TPSA) is 123 Å². The molecule has 214 valence electrons. The van der Waals surface area contributed by atoms with Gasteiger partial charge in [-0.1, -0.05) is 25.1 Å². The highest BCUT2D eigenvalue weighted by Crippen LogP contribution is 2.38. The average Bonchev–Trinajstić information content (AvgIpc) is 3.08. The number of hydrogen-bond donors (Lipinski definition) is 2. The number of amides is 3. The third kappa shape index (κ3) is 5.75. The molecule has 0 spiro atoms. The monoisotopic (exact) mass is 585 g/mol. The van der Waals surface area contributed by atoms with E-state index in [9.17, 15) is 31.2 Å². The molecule has 0 aliphatic carbocycles. The highest BCUT2D eigenvalue weighted by molar-refractivity contribution is 7.89. The van der Waals surface area contributed by atoms with E-state index in [1.165, 1.54) is 36.9 Å². The quantitative estimate of drug-likeness (QED) is 0.343. The molecule has 4 rings (SSSR count). The van der Waals surface area contributed by atoms with Crippen LogP contribution in [0.25, 0.3) is 0 Å². The number of nitriles is 1. The summed E-state index contributed by atoms with van der Waals surface area (Å²) in [5.74, 6) is -0.719. The molecule has 0 atom stereocenters. The van der Waals surface area contributed by atoms with E-state index in [1.54, 1.807) is 43.3 Å². The maximum absolute atomic E-state index is 13.6. The second kappa shape index (κ2) is 10.9. The van der Waals surface area contributed by atoms with Gasteiger partial charge in [0.25, 0.3) is 5.91 Å². The fourth-order valence-electron chi connectivity index (χ4n) is 4.43. The first-order chi connectivity index (χ1) is 19.2. The fraction of sp³-hybridized carbons (Fsp3) is 0.250. The third-order valence-corrected chi connectivity index (χ3v) is 8.20. The number of sulfonamides is 1. The van der Waals surface area contributed by atoms with Gasteiger partial charge in [-0.05, 0) is 67.9 Å². The molecule has 0 saturated carbocycles. The van der Waals surface area contributed by atoms with Crippen LogP contribution in [-0.4, -0.2) is 37.3 Å². The summed E-state index contributed by atoms with van der Waals surface area (Å²) < 4.78 is 67.6. The maximum atomic E-state index is 13.6. The lowest BCUT2D eigenvalue weighted by atomic mass is 10.0. The molecule has 2 N–H and O–H groups in total. The van der Waals surface area contributed by atoms with Gasteiger partial charge in [0.2, 0.25) is 10.0 Å². The molecule has 1 aliphatic rings. The lowest BCUT2D eigenvalue weighted by molar-refractivity contribution is -0.137. The van der Waals surface area contributed by atoms with Crippen LogP contribution in [0.4, 0.5) is 35.0 Å². The summed E-state index contributed by atoms with van der Waals surface area (Å²) >= 11 is 0. The number of anilines is 3. The Hall–Kier alpha value is -4.41. The van der Waals surface area contributed by atoms with Gasteiger partial charge in [-0.15, -0.1) is 0 Å². The molecule has 13 heteroatoms. The lowest BCUT2D eigenvalue weighted by Crippen LogP contribution is -2.43. The molecule has 0 bridgehead atoms. The molecular weight excluding hydrogens is 559 g/mol. The lowest BCUT2D eigenvalue weighted by Gasteiger charge is -2.28. The Morgan fingerprint density at radius 1 is 1.00 bits per heavy atom. The number of halogens is 3. The minimum Gasteiger partial charge on any atom is -0.355 e. The summed E-state index contributed by atoms with van der Waals surface area (Å²) in [6, 6.07) is 16.4. The summed E-state index contributed by atoms with van der Waals surface area (Å²) in [5.41, 5.74) is -1.82. The van der Waals surface area contributed by atoms with Crippen molar-refractivity contribution in [2.75, 3.05) is 16.8 Å². The van der Waals surface area contributed by atoms with E-state index in [2.05, 4.69) is 10.0 Å². The van der Waals surface area contributed by atoms with Gasteiger partial charge in [0.1, 0.15) is 5.54 Å². The van der Waals surface area contributed by atoms with Gasteiger partial charge < -0.3 is 10.2 Å². The van der Waals surface area contributed by atoms with Crippen molar-refractivity contribution in [1.29, 1.82) is 5.26 Å². The first-order valence-corrected chi connectivity index (χ1v) is 13.9. The second-order valence-corrected chi connectivity index (χ2v) is 11.5. The van der Waals surface area contributed by atoms with Crippen molar-refractivity contribution in [2.45, 2.75) is 43.9 Å². The molecule has 3 aromatic carbocycles. The summed E-state index contributed by atoms with van der Waals surface area (Å²) in [7, 11) is -3.63. The van der Waals surface area contributed by atoms with Crippen molar-refractivity contribution >= 4 is 39.0 Å². The smallest absolute Gasteiger partial charge is 0.355 e. The van der Waals surface area contributed by atoms with Crippen molar-refractivity contribution in [1.82, 2.24) is 9.62 Å². The van der Waals surface area contributed by atoms with Gasteiger partial charge in [-0.3, -0.25) is 4.79 Å². The second-order valence-electron chi connectivity index (χ2n) is 9.72. The minimum atomic E-state index is -4.86. The van der Waals surface area contributed by atoms with E-state index in [1.807, 2.05) is 0 Å². The van der Waals surface area contributed by atoms with Crippen molar-refractivity contribution in [3.05, 3.63) is 83.4 Å². The van der Waals surface area contributed by atoms with Crippen molar-refractivity contribution in [3.8, 4) is 6.07 Å². The molecule has 3 amide bonds. The van der Waals surface area contributed by atoms with Gasteiger partial charge in [0, 0.05) is 17.9 Å². The number of imide groups is 1. The Kier molecular flexibility index (Phi) is 7.84. The number of urea groups is 1. The molecule has 9 nitrogen and oxygen atoms in total. The Morgan fingerprint density at radius 2 is 1.66 bits per heavy atom. The van der Waals surface area contributed by atoms with E-state index in [0.717, 1.165) is 12.1 Å². The van der Waals surface area contributed by atoms with Gasteiger partial charge in [0.15, 0.2) is 0 Å². The molecule has 0 radical (unpaired) electrons. The Balaban J connectivity index is 1.62. The summed E-state index contributed by atoms with van der Waals surface area (Å²) in [6.45, 7) is 4.86. The van der Waals surface area contributed by atoms with Crippen LogP contribution in [0.15, 0.2) is 71.6 Å². The zero-order chi connectivity index (χ0) is 30.2. The number of rotatable bonds is 8. The molecule has 1 saturated heterocycles. The Morgan fingerprint density at radius 3 is 2.27 bits per heavy atom. The van der Waals surface area contributed by atoms with Crippen LogP contribution in [0.1, 0.15) is 37.5 Å². The summed E-state index contributed by atoms with van der Waals surface area (Å²) in [6.07, 6.45) is -4.86. The molecular formula is C28H26F3N5O4S. The van der Waals surface area contributed by atoms with E-state index < -0.39 is 44.8 Å². The van der Waals surface area contributed by atoms with E-state index in [-0.39, 0.29) is 23.7 Å². The van der Waals surface area contributed by atoms with E-state index in [0.29, 0.717) is 27.9 Å². The van der Waals surface area contributed by atoms with Gasteiger partial charge in [0.05, 0.1) is 34.3 Å². The minimum absolute atomic E-state index is 0.0630. The zero-order valence-corrected chi connectivity index (χ0v) is 23.1. The number of alkyl halides is 3. The summed E-state index contributed by atoms with van der Waals surface area (Å²) in [4.78, 5) is 28.9. The average molecular weight is 586 g/mol. The van der Waals surface area contributed by atoms with Crippen LogP contribution in [-0.2, 0) is 27.5 Å². The number of carbonyl (C=O) groups is 2. The highest BCUT2D eigenvalue weighted by Gasteiger charge is 2.52. The summed E-state index contributed by atoms with van der Waals surface area (Å²) in [5, 5.41) is 12.3. The Labute approximate surface area is 235 Å². The molecule has 1 fully saturated rings. The van der Waals surface area contributed by atoms with E-state index >= 15 is 0 Å². The first-order valence-electron chi connectivity index (χ1n) is 12.4. The van der Waals surface area contributed by atoms with Crippen LogP contribution < -0.4 is 14.9 Å². The molecule has 3 aromatic rings. The normalized spacial score (nSPS) is 15.2. The zero-order valence-electron chi connectivity index (χ0n) is 22.3. The van der Waals surface area contributed by atoms with E-state index in [4.69, 9.17) is 5.26 Å². The van der Waals surface area contributed by atoms with Gasteiger partial charge in [-0.2, -0.15) is 18.4 Å². The largest absolute Gasteiger partial charge is 0.417 e. The van der Waals surface area contributed by atoms with Crippen molar-refractivity contribution < 1.29 is 31.2 Å². The number of carbonyl (C=O) groups excluding carboxylic acids is 2. The molecule has 0 aromatic heterocycles.